The van der Waals surface area contributed by atoms with E-state index >= 15 is 0 Å². The van der Waals surface area contributed by atoms with Crippen LogP contribution in [0.25, 0.3) is 11.3 Å². The summed E-state index contributed by atoms with van der Waals surface area (Å²) in [5.74, 6) is 0. The molecule has 0 amide bonds. The summed E-state index contributed by atoms with van der Waals surface area (Å²) >= 11 is -1.81. The van der Waals surface area contributed by atoms with Gasteiger partial charge in [-0.1, -0.05) is 0 Å². The van der Waals surface area contributed by atoms with Gasteiger partial charge in [-0.15, -0.1) is 0 Å². The molecule has 0 fully saturated rings. The van der Waals surface area contributed by atoms with Crippen molar-refractivity contribution in [2.45, 2.75) is 11.4 Å². The van der Waals surface area contributed by atoms with E-state index in [1.165, 1.54) is 15.6 Å². The fraction of sp³-hybridized carbons (Fsp3) is 0.154. The van der Waals surface area contributed by atoms with Crippen molar-refractivity contribution < 1.29 is 0 Å². The van der Waals surface area contributed by atoms with Gasteiger partial charge in [-0.25, -0.2) is 0 Å². The van der Waals surface area contributed by atoms with E-state index in [0.717, 1.165) is 0 Å². The van der Waals surface area contributed by atoms with Crippen LogP contribution in [0.2, 0.25) is 11.4 Å². The van der Waals surface area contributed by atoms with E-state index in [4.69, 9.17) is 0 Å². The molecule has 0 bridgehead atoms. The topological polar surface area (TPSA) is 12.9 Å². The van der Waals surface area contributed by atoms with Crippen molar-refractivity contribution in [2.75, 3.05) is 0 Å². The van der Waals surface area contributed by atoms with Crippen molar-refractivity contribution in [3.8, 4) is 11.3 Å². The van der Waals surface area contributed by atoms with Gasteiger partial charge in [0, 0.05) is 0 Å². The van der Waals surface area contributed by atoms with E-state index in [1.54, 1.807) is 4.35 Å². The molecular weight excluding hydrogens is 245 g/mol. The zero-order valence-electron chi connectivity index (χ0n) is 8.94. The van der Waals surface area contributed by atoms with E-state index in [-0.39, 0.29) is 0 Å². The van der Waals surface area contributed by atoms with Gasteiger partial charge in [-0.3, -0.25) is 0 Å². The molecule has 1 aliphatic heterocycles. The van der Waals surface area contributed by atoms with Gasteiger partial charge >= 0.3 is 92.5 Å². The Morgan fingerprint density at radius 1 is 0.933 bits per heavy atom. The number of pyridine rings is 1. The summed E-state index contributed by atoms with van der Waals surface area (Å²) in [6, 6.07) is 13.1. The molecule has 1 aromatic heterocycles. The molecule has 75 valence electrons. The molecule has 2 heterocycles. The molecule has 0 spiro atoms. The predicted octanol–water partition coefficient (Wildman–Crippen LogP) is 1.88. The first kappa shape index (κ1) is 9.18. The Labute approximate surface area is 92.6 Å². The third kappa shape index (κ3) is 1.13. The number of hydrogen-bond acceptors (Lipinski definition) is 1. The van der Waals surface area contributed by atoms with Crippen molar-refractivity contribution in [3.05, 3.63) is 42.6 Å². The molecule has 3 rings (SSSR count). The van der Waals surface area contributed by atoms with Crippen LogP contribution in [0.1, 0.15) is 0 Å². The predicted molar refractivity (Wildman–Crippen MR) is 66.4 cm³/mol. The van der Waals surface area contributed by atoms with Gasteiger partial charge in [0.15, 0.2) is 0 Å². The van der Waals surface area contributed by atoms with Crippen LogP contribution in [0.15, 0.2) is 42.6 Å². The Balaban J connectivity index is 2.42. The van der Waals surface area contributed by atoms with Gasteiger partial charge in [0.2, 0.25) is 0 Å². The fourth-order valence-electron chi connectivity index (χ4n) is 2.35. The molecule has 2 heteroatoms. The summed E-state index contributed by atoms with van der Waals surface area (Å²) in [5.41, 5.74) is 7.46. The molecule has 0 aliphatic carbocycles. The number of nitrogens with zero attached hydrogens (tertiary/aromatic N) is 1. The normalized spacial score (nSPS) is 15.9. The third-order valence-electron chi connectivity index (χ3n) is 3.15. The minimum atomic E-state index is -1.81. The minimum absolute atomic E-state index is 1.23. The molecule has 1 nitrogen and oxygen atoms in total. The first-order chi connectivity index (χ1) is 7.21. The zero-order valence-corrected chi connectivity index (χ0v) is 10.8. The van der Waals surface area contributed by atoms with E-state index in [9.17, 15) is 0 Å². The van der Waals surface area contributed by atoms with Gasteiger partial charge in [0.25, 0.3) is 0 Å². The molecule has 0 unspecified atom stereocenters. The van der Waals surface area contributed by atoms with E-state index < -0.39 is 13.6 Å². The van der Waals surface area contributed by atoms with Crippen molar-refractivity contribution in [1.82, 2.24) is 4.98 Å². The van der Waals surface area contributed by atoms with Crippen LogP contribution in [0.4, 0.5) is 0 Å². The number of benzene rings is 1. The number of rotatable bonds is 0. The van der Waals surface area contributed by atoms with Crippen LogP contribution in [0.5, 0.6) is 0 Å². The first-order valence-corrected chi connectivity index (χ1v) is 10.7. The average molecular weight is 258 g/mol. The summed E-state index contributed by atoms with van der Waals surface area (Å²) in [7, 11) is 0. The molecule has 1 radical (unpaired) electrons. The van der Waals surface area contributed by atoms with Crippen molar-refractivity contribution >= 4 is 22.3 Å². The summed E-state index contributed by atoms with van der Waals surface area (Å²) in [4.78, 5) is 4.54. The van der Waals surface area contributed by atoms with Crippen LogP contribution in [-0.2, 0) is 0 Å². The SMILES string of the molecule is C[As]1(C)c2ccccc2-c2ncccc21. The third-order valence-corrected chi connectivity index (χ3v) is 9.78. The summed E-state index contributed by atoms with van der Waals surface area (Å²) in [6.07, 6.45) is 1.90. The van der Waals surface area contributed by atoms with Gasteiger partial charge in [-0.2, -0.15) is 0 Å². The zero-order chi connectivity index (χ0) is 10.5. The first-order valence-electron chi connectivity index (χ1n) is 5.11. The average Bonchev–Trinajstić information content (AvgIpc) is 2.51. The van der Waals surface area contributed by atoms with Gasteiger partial charge in [0.1, 0.15) is 0 Å². The maximum atomic E-state index is 4.54. The number of aromatic nitrogens is 1. The second-order valence-corrected chi connectivity index (χ2v) is 12.5. The van der Waals surface area contributed by atoms with Crippen LogP contribution >= 0.6 is 0 Å². The maximum absolute atomic E-state index is 4.54. The summed E-state index contributed by atoms with van der Waals surface area (Å²) < 4.78 is 3.07. The Morgan fingerprint density at radius 2 is 1.67 bits per heavy atom. The van der Waals surface area contributed by atoms with E-state index in [0.29, 0.717) is 0 Å². The summed E-state index contributed by atoms with van der Waals surface area (Å²) in [6.45, 7) is 0. The Kier molecular flexibility index (Phi) is 1.81. The molecule has 0 N–H and O–H groups in total. The monoisotopic (exact) mass is 258 g/mol. The molecule has 1 aliphatic rings. The second-order valence-electron chi connectivity index (χ2n) is 4.34. The fourth-order valence-corrected chi connectivity index (χ4v) is 7.94. The molecule has 0 saturated heterocycles. The number of hydrogen-bond donors (Lipinski definition) is 0. The quantitative estimate of drug-likeness (QED) is 0.657. The van der Waals surface area contributed by atoms with Crippen LogP contribution in [0, 0.1) is 0 Å². The Morgan fingerprint density at radius 3 is 2.53 bits per heavy atom. The second kappa shape index (κ2) is 2.96. The van der Waals surface area contributed by atoms with E-state index in [1.807, 2.05) is 6.20 Å². The van der Waals surface area contributed by atoms with Gasteiger partial charge in [0.05, 0.1) is 0 Å². The van der Waals surface area contributed by atoms with Crippen LogP contribution < -0.4 is 8.70 Å². The van der Waals surface area contributed by atoms with Crippen molar-refractivity contribution in [1.29, 1.82) is 0 Å². The van der Waals surface area contributed by atoms with Gasteiger partial charge in [-0.05, 0) is 0 Å². The van der Waals surface area contributed by atoms with Crippen molar-refractivity contribution in [3.63, 3.8) is 0 Å². The molecular formula is C13H13AsN. The molecule has 2 aromatic rings. The summed E-state index contributed by atoms with van der Waals surface area (Å²) in [5, 5.41) is 0. The van der Waals surface area contributed by atoms with Crippen LogP contribution in [0.3, 0.4) is 0 Å². The molecule has 0 atom stereocenters. The molecule has 1 aromatic carbocycles. The van der Waals surface area contributed by atoms with Gasteiger partial charge < -0.3 is 0 Å². The van der Waals surface area contributed by atoms with Crippen molar-refractivity contribution in [2.24, 2.45) is 0 Å². The van der Waals surface area contributed by atoms with E-state index in [2.05, 4.69) is 52.8 Å². The standard InChI is InChI=1S/C13H13AsN/c1-14(2)11-7-4-3-6-10(11)13-12(14)8-5-9-15-13/h3-9H,1-2H3. The number of fused-ring (bicyclic) bond motifs is 3. The molecule has 15 heavy (non-hydrogen) atoms. The van der Waals surface area contributed by atoms with Crippen LogP contribution in [-0.4, -0.2) is 18.5 Å². The Bertz CT molecular complexity index is 484. The molecule has 0 saturated carbocycles. The Hall–Kier alpha value is -1.07.